The number of fused-ring (bicyclic) bond motifs is 5. The summed E-state index contributed by atoms with van der Waals surface area (Å²) < 4.78 is 54.6. The summed E-state index contributed by atoms with van der Waals surface area (Å²) in [5.41, 5.74) is 11.8. The molecule has 4 bridgehead atoms. The van der Waals surface area contributed by atoms with Gasteiger partial charge in [-0.05, 0) is 83.7 Å². The number of anilines is 2. The predicted octanol–water partition coefficient (Wildman–Crippen LogP) is 7.07. The maximum atomic E-state index is 14.1. The molecule has 4 unspecified atom stereocenters. The molecule has 1 aromatic heterocycles. The Balaban J connectivity index is 1.49. The number of nitrogens with one attached hydrogen (secondary N) is 2. The van der Waals surface area contributed by atoms with E-state index in [1.54, 1.807) is 23.4 Å². The van der Waals surface area contributed by atoms with Crippen molar-refractivity contribution in [2.24, 2.45) is 21.6 Å². The van der Waals surface area contributed by atoms with Crippen LogP contribution in [0.1, 0.15) is 65.4 Å². The molecule has 0 fully saturated rings. The first-order valence-corrected chi connectivity index (χ1v) is 19.5. The van der Waals surface area contributed by atoms with Crippen LogP contribution in [0.5, 0.6) is 0 Å². The van der Waals surface area contributed by atoms with Gasteiger partial charge in [-0.1, -0.05) is 70.9 Å². The number of halogens is 3. The number of nitrogens with zero attached hydrogens (tertiary/aromatic N) is 4. The topological polar surface area (TPSA) is 128 Å². The predicted molar refractivity (Wildman–Crippen MR) is 207 cm³/mol. The van der Waals surface area contributed by atoms with E-state index in [4.69, 9.17) is 20.4 Å². The van der Waals surface area contributed by atoms with Crippen LogP contribution in [-0.2, 0) is 22.2 Å². The number of dihydropyridines is 1. The van der Waals surface area contributed by atoms with E-state index < -0.39 is 32.0 Å². The Kier molecular flexibility index (Phi) is 12.9. The zero-order valence-corrected chi connectivity index (χ0v) is 32.2. The van der Waals surface area contributed by atoms with Crippen LogP contribution >= 0.6 is 22.6 Å². The van der Waals surface area contributed by atoms with Crippen molar-refractivity contribution < 1.29 is 22.3 Å². The van der Waals surface area contributed by atoms with Crippen LogP contribution < -0.4 is 21.5 Å². The second kappa shape index (κ2) is 16.6. The van der Waals surface area contributed by atoms with Gasteiger partial charge in [0, 0.05) is 31.3 Å². The molecule has 4 atom stereocenters. The van der Waals surface area contributed by atoms with Crippen molar-refractivity contribution in [1.82, 2.24) is 15.3 Å². The number of ether oxygens (including phenoxy) is 1. The van der Waals surface area contributed by atoms with Gasteiger partial charge in [-0.25, -0.2) is 9.19 Å². The molecule has 0 aliphatic carbocycles. The fourth-order valence-corrected chi connectivity index (χ4v) is 6.89. The number of aromatic nitrogens is 1. The quantitative estimate of drug-likeness (QED) is 0.119. The highest BCUT2D eigenvalue weighted by Crippen LogP contribution is 2.42. The normalized spacial score (nSPS) is 23.2. The van der Waals surface area contributed by atoms with E-state index in [1.807, 2.05) is 36.4 Å². The number of benzene rings is 1. The summed E-state index contributed by atoms with van der Waals surface area (Å²) in [6.45, 7) is 9.29. The summed E-state index contributed by atoms with van der Waals surface area (Å²) in [6.07, 6.45) is 12.3. The highest BCUT2D eigenvalue weighted by molar-refractivity contribution is 14.1. The minimum atomic E-state index is -2.94. The van der Waals surface area contributed by atoms with E-state index >= 15 is 0 Å². The summed E-state index contributed by atoms with van der Waals surface area (Å²) in [5, 5.41) is 3.98. The molecule has 0 saturated heterocycles. The van der Waals surface area contributed by atoms with Crippen LogP contribution in [0, 0.1) is 10.8 Å². The van der Waals surface area contributed by atoms with Gasteiger partial charge in [0.15, 0.2) is 16.5 Å². The number of hydrogen-bond donors (Lipinski definition) is 4. The summed E-state index contributed by atoms with van der Waals surface area (Å²) in [5.74, 6) is 0.414. The van der Waals surface area contributed by atoms with Gasteiger partial charge >= 0.3 is 3.93 Å². The second-order valence-electron chi connectivity index (χ2n) is 14.7. The molecule has 0 radical (unpaired) electrons. The summed E-state index contributed by atoms with van der Waals surface area (Å²) in [4.78, 5) is 12.4. The van der Waals surface area contributed by atoms with E-state index in [9.17, 15) is 17.5 Å². The lowest BCUT2D eigenvalue weighted by Gasteiger charge is -2.37. The van der Waals surface area contributed by atoms with Crippen LogP contribution in [0.2, 0.25) is 0 Å². The van der Waals surface area contributed by atoms with Crippen molar-refractivity contribution in [2.75, 3.05) is 36.6 Å². The molecule has 5 N–H and O–H groups in total. The summed E-state index contributed by atoms with van der Waals surface area (Å²) >= 11 is -1.15. The summed E-state index contributed by atoms with van der Waals surface area (Å²) in [6, 6.07) is 11.8. The maximum Gasteiger partial charge on any atom is 0.303 e. The number of rotatable bonds is 9. The molecule has 2 aromatic rings. The van der Waals surface area contributed by atoms with Gasteiger partial charge in [-0.2, -0.15) is 14.2 Å². The van der Waals surface area contributed by atoms with Crippen molar-refractivity contribution >= 4 is 50.9 Å². The zero-order valence-electron chi connectivity index (χ0n) is 29.2. The first-order chi connectivity index (χ1) is 23.7. The summed E-state index contributed by atoms with van der Waals surface area (Å²) in [7, 11) is 0. The van der Waals surface area contributed by atoms with Crippen molar-refractivity contribution in [3.05, 3.63) is 66.4 Å². The van der Waals surface area contributed by atoms with Crippen molar-refractivity contribution in [1.29, 1.82) is 0 Å². The minimum absolute atomic E-state index is 0.106. The molecule has 0 amide bonds. The molecule has 3 aliphatic heterocycles. The minimum Gasteiger partial charge on any atom is -0.357 e. The molecular weight excluding hydrogens is 775 g/mol. The number of aryl methyl sites for hydroxylation is 1. The molecule has 1 aromatic carbocycles. The maximum absolute atomic E-state index is 14.1. The average molecular weight is 826 g/mol. The van der Waals surface area contributed by atoms with E-state index in [0.29, 0.717) is 30.2 Å². The Hall–Kier alpha value is -2.34. The molecule has 0 spiro atoms. The van der Waals surface area contributed by atoms with Gasteiger partial charge in [0.1, 0.15) is 18.2 Å². The number of hydrogen-bond acceptors (Lipinski definition) is 9. The number of pyridine rings is 1. The van der Waals surface area contributed by atoms with Gasteiger partial charge in [-0.15, -0.1) is 0 Å². The van der Waals surface area contributed by atoms with Gasteiger partial charge in [0.2, 0.25) is 0 Å². The van der Waals surface area contributed by atoms with Gasteiger partial charge in [0.25, 0.3) is 0 Å². The van der Waals surface area contributed by atoms with E-state index in [0.717, 1.165) is 84.6 Å². The third kappa shape index (κ3) is 9.75. The third-order valence-electron chi connectivity index (χ3n) is 9.40. The molecule has 4 heterocycles. The van der Waals surface area contributed by atoms with E-state index in [2.05, 4.69) is 35.6 Å². The molecular formula is C36H50F2IN7O3S. The standard InChI is InChI=1S/C36H50F2IN7O3S/c1-34(2,22-40)23-45-20-10-6-5-7-12-25-13-8-9-14-26(25)32-28(46-21-19-31(44-46)49-24-35(3,4)36(37,38)39)17-18-29(42-32)43-33(50(47)48)27-15-11-16-30(45)41-27/h8-9,11,13-15,17-19,21,30-31,33,44H,5-7,10,12,16,20,22-24,40H2,1-4H3,(H,42,43)(H,47,48). The van der Waals surface area contributed by atoms with Crippen molar-refractivity contribution in [3.63, 3.8) is 0 Å². The molecule has 0 saturated carbocycles. The smallest absolute Gasteiger partial charge is 0.303 e. The second-order valence-corrected chi connectivity index (χ2v) is 17.0. The lowest BCUT2D eigenvalue weighted by atomic mass is 9.92. The molecule has 50 heavy (non-hydrogen) atoms. The molecule has 5 rings (SSSR count). The highest BCUT2D eigenvalue weighted by atomic mass is 127. The van der Waals surface area contributed by atoms with Crippen LogP contribution in [0.25, 0.3) is 11.3 Å². The monoisotopic (exact) mass is 825 g/mol. The lowest BCUT2D eigenvalue weighted by molar-refractivity contribution is -0.0720. The Morgan fingerprint density at radius 2 is 1.88 bits per heavy atom. The van der Waals surface area contributed by atoms with Crippen LogP contribution in [0.4, 0.5) is 20.3 Å². The van der Waals surface area contributed by atoms with E-state index in [1.165, 1.54) is 13.8 Å². The fourth-order valence-electron chi connectivity index (χ4n) is 6.16. The van der Waals surface area contributed by atoms with Crippen molar-refractivity contribution in [3.8, 4) is 11.3 Å². The number of hydrazine groups is 1. The Bertz CT molecular complexity index is 1600. The Labute approximate surface area is 310 Å². The largest absolute Gasteiger partial charge is 0.357 e. The third-order valence-corrected chi connectivity index (χ3v) is 11.6. The van der Waals surface area contributed by atoms with Crippen LogP contribution in [0.15, 0.2) is 65.8 Å². The number of alkyl halides is 3. The van der Waals surface area contributed by atoms with Crippen LogP contribution in [-0.4, -0.2) is 72.3 Å². The Morgan fingerprint density at radius 1 is 1.12 bits per heavy atom. The SMILES string of the molecule is CC(C)(CN)CN1CCCCCCc2ccccc2-c2nc(ccc2N2C=CC(OCC(C)(C)C(F)(F)I)N2)NC(S(=O)O)C2=NC1CC=C2. The van der Waals surface area contributed by atoms with E-state index in [-0.39, 0.29) is 18.2 Å². The Morgan fingerprint density at radius 3 is 2.62 bits per heavy atom. The number of nitrogens with two attached hydrogens (primary N) is 1. The average Bonchev–Trinajstić information content (AvgIpc) is 3.55. The zero-order chi connectivity index (χ0) is 36.1. The first kappa shape index (κ1) is 38.9. The molecule has 274 valence electrons. The van der Waals surface area contributed by atoms with Gasteiger partial charge in [-0.3, -0.25) is 14.9 Å². The molecule has 3 aliphatic rings. The first-order valence-electron chi connectivity index (χ1n) is 17.2. The van der Waals surface area contributed by atoms with Gasteiger partial charge < -0.3 is 20.3 Å². The lowest BCUT2D eigenvalue weighted by Crippen LogP contribution is -2.46. The molecule has 10 nitrogen and oxygen atoms in total. The van der Waals surface area contributed by atoms with Crippen molar-refractivity contribution in [2.45, 2.75) is 87.9 Å². The van der Waals surface area contributed by atoms with Crippen LogP contribution in [0.3, 0.4) is 0 Å². The highest BCUT2D eigenvalue weighted by Gasteiger charge is 2.45. The number of aliphatic imine (C=N–C) groups is 1. The van der Waals surface area contributed by atoms with Gasteiger partial charge in [0.05, 0.1) is 29.1 Å². The molecule has 14 heteroatoms. The fraction of sp³-hybridized carbons (Fsp3) is 0.556.